The van der Waals surface area contributed by atoms with Crippen LogP contribution in [0.4, 0.5) is 11.5 Å². The number of nitrogens with one attached hydrogen (secondary N) is 3. The molecular formula is C30H28N4O5S. The molecule has 1 heterocycles. The van der Waals surface area contributed by atoms with E-state index in [0.717, 1.165) is 4.90 Å². The highest BCUT2D eigenvalue weighted by Gasteiger charge is 2.16. The lowest BCUT2D eigenvalue weighted by Gasteiger charge is -2.13. The maximum absolute atomic E-state index is 13.4. The summed E-state index contributed by atoms with van der Waals surface area (Å²) in [6.07, 6.45) is 1.58. The SMILES string of the molecule is CCOc1ccccc1/C=C(/NC(=O)c1ccccc1)C(=O)Nc1cccc(SCC(=O)Nc2cc(C)on2)c1. The van der Waals surface area contributed by atoms with Gasteiger partial charge in [0.15, 0.2) is 5.82 Å². The van der Waals surface area contributed by atoms with Crippen LogP contribution in [0.1, 0.15) is 28.6 Å². The lowest BCUT2D eigenvalue weighted by molar-refractivity contribution is -0.114. The molecule has 3 amide bonds. The Morgan fingerprint density at radius 3 is 2.48 bits per heavy atom. The zero-order chi connectivity index (χ0) is 28.3. The van der Waals surface area contributed by atoms with Crippen molar-refractivity contribution in [2.45, 2.75) is 18.7 Å². The Morgan fingerprint density at radius 2 is 1.73 bits per heavy atom. The molecule has 0 fully saturated rings. The van der Waals surface area contributed by atoms with E-state index in [1.807, 2.05) is 31.2 Å². The van der Waals surface area contributed by atoms with Gasteiger partial charge in [-0.15, -0.1) is 11.8 Å². The summed E-state index contributed by atoms with van der Waals surface area (Å²) in [5.41, 5.74) is 1.60. The van der Waals surface area contributed by atoms with E-state index in [1.54, 1.807) is 73.7 Å². The number of aromatic nitrogens is 1. The summed E-state index contributed by atoms with van der Waals surface area (Å²) in [4.78, 5) is 39.4. The molecule has 0 aliphatic carbocycles. The molecule has 1 aromatic heterocycles. The number of nitrogens with zero attached hydrogens (tertiary/aromatic N) is 1. The number of benzene rings is 3. The molecule has 10 heteroatoms. The fourth-order valence-corrected chi connectivity index (χ4v) is 4.35. The second-order valence-corrected chi connectivity index (χ2v) is 9.54. The molecule has 9 nitrogen and oxygen atoms in total. The van der Waals surface area contributed by atoms with Crippen LogP contribution in [0.2, 0.25) is 0 Å². The average Bonchev–Trinajstić information content (AvgIpc) is 3.37. The van der Waals surface area contributed by atoms with Crippen molar-refractivity contribution in [3.8, 4) is 5.75 Å². The van der Waals surface area contributed by atoms with Gasteiger partial charge in [-0.25, -0.2) is 0 Å². The number of thioether (sulfide) groups is 1. The Morgan fingerprint density at radius 1 is 0.950 bits per heavy atom. The van der Waals surface area contributed by atoms with Crippen LogP contribution in [-0.4, -0.2) is 35.2 Å². The van der Waals surface area contributed by atoms with Crippen molar-refractivity contribution < 1.29 is 23.6 Å². The van der Waals surface area contributed by atoms with E-state index < -0.39 is 11.8 Å². The smallest absolute Gasteiger partial charge is 0.272 e. The summed E-state index contributed by atoms with van der Waals surface area (Å²) in [7, 11) is 0. The third kappa shape index (κ3) is 8.08. The van der Waals surface area contributed by atoms with Crippen LogP contribution in [0.25, 0.3) is 6.08 Å². The maximum Gasteiger partial charge on any atom is 0.272 e. The minimum atomic E-state index is -0.517. The van der Waals surface area contributed by atoms with Crippen LogP contribution in [0, 0.1) is 6.92 Å². The molecule has 0 unspecified atom stereocenters. The highest BCUT2D eigenvalue weighted by Crippen LogP contribution is 2.24. The fraction of sp³-hybridized carbons (Fsp3) is 0.133. The first-order valence-electron chi connectivity index (χ1n) is 12.5. The van der Waals surface area contributed by atoms with Gasteiger partial charge in [-0.3, -0.25) is 14.4 Å². The monoisotopic (exact) mass is 556 g/mol. The maximum atomic E-state index is 13.4. The molecule has 0 saturated heterocycles. The molecule has 0 radical (unpaired) electrons. The van der Waals surface area contributed by atoms with Gasteiger partial charge < -0.3 is 25.2 Å². The highest BCUT2D eigenvalue weighted by molar-refractivity contribution is 8.00. The van der Waals surface area contributed by atoms with Crippen LogP contribution in [0.5, 0.6) is 5.75 Å². The molecule has 4 aromatic rings. The highest BCUT2D eigenvalue weighted by atomic mass is 32.2. The second kappa shape index (κ2) is 13.8. The van der Waals surface area contributed by atoms with Gasteiger partial charge in [0.25, 0.3) is 11.8 Å². The summed E-state index contributed by atoms with van der Waals surface area (Å²) >= 11 is 1.30. The Bertz CT molecular complexity index is 1520. The Hall–Kier alpha value is -4.83. The van der Waals surface area contributed by atoms with E-state index >= 15 is 0 Å². The second-order valence-electron chi connectivity index (χ2n) is 8.49. The van der Waals surface area contributed by atoms with Crippen LogP contribution in [-0.2, 0) is 9.59 Å². The van der Waals surface area contributed by atoms with Gasteiger partial charge >= 0.3 is 0 Å². The third-order valence-electron chi connectivity index (χ3n) is 5.40. The van der Waals surface area contributed by atoms with Gasteiger partial charge in [-0.2, -0.15) is 0 Å². The minimum Gasteiger partial charge on any atom is -0.493 e. The first-order chi connectivity index (χ1) is 19.4. The van der Waals surface area contributed by atoms with Crippen molar-refractivity contribution in [2.24, 2.45) is 0 Å². The lowest BCUT2D eigenvalue weighted by atomic mass is 10.1. The van der Waals surface area contributed by atoms with Gasteiger partial charge in [0, 0.05) is 27.8 Å². The first kappa shape index (κ1) is 28.2. The van der Waals surface area contributed by atoms with Crippen molar-refractivity contribution >= 4 is 47.1 Å². The standard InChI is InChI=1S/C30H28N4O5S/c1-3-38-26-15-8-7-12-22(26)17-25(32-29(36)21-10-5-4-6-11-21)30(37)31-23-13-9-14-24(18-23)40-19-28(35)33-27-16-20(2)39-34-27/h4-18H,3,19H2,1-2H3,(H,31,37)(H,32,36)(H,33,34,35)/b25-17+. The average molecular weight is 557 g/mol. The zero-order valence-electron chi connectivity index (χ0n) is 22.0. The molecule has 0 spiro atoms. The third-order valence-corrected chi connectivity index (χ3v) is 6.40. The number of rotatable bonds is 11. The number of aryl methyl sites for hydroxylation is 1. The Balaban J connectivity index is 1.49. The number of carbonyl (C=O) groups excluding carboxylic acids is 3. The van der Waals surface area contributed by atoms with E-state index in [-0.39, 0.29) is 17.4 Å². The van der Waals surface area contributed by atoms with Crippen molar-refractivity contribution in [3.63, 3.8) is 0 Å². The molecule has 4 rings (SSSR count). The van der Waals surface area contributed by atoms with Crippen LogP contribution < -0.4 is 20.7 Å². The largest absolute Gasteiger partial charge is 0.493 e. The van der Waals surface area contributed by atoms with Gasteiger partial charge in [0.05, 0.1) is 12.4 Å². The van der Waals surface area contributed by atoms with E-state index in [4.69, 9.17) is 9.26 Å². The summed E-state index contributed by atoms with van der Waals surface area (Å²) in [6, 6.07) is 24.6. The first-order valence-corrected chi connectivity index (χ1v) is 13.5. The fourth-order valence-electron chi connectivity index (χ4n) is 3.60. The van der Waals surface area contributed by atoms with Crippen molar-refractivity contribution in [2.75, 3.05) is 23.0 Å². The van der Waals surface area contributed by atoms with Crippen LogP contribution in [0.3, 0.4) is 0 Å². The molecule has 0 aliphatic rings. The quantitative estimate of drug-likeness (QED) is 0.164. The molecule has 3 N–H and O–H groups in total. The van der Waals surface area contributed by atoms with Crippen LogP contribution >= 0.6 is 11.8 Å². The molecule has 204 valence electrons. The molecule has 0 atom stereocenters. The summed E-state index contributed by atoms with van der Waals surface area (Å²) in [6.45, 7) is 4.06. The normalized spacial score (nSPS) is 11.0. The number of anilines is 2. The number of para-hydroxylation sites is 1. The van der Waals surface area contributed by atoms with Crippen LogP contribution in [0.15, 0.2) is 100 Å². The molecule has 3 aromatic carbocycles. The predicted octanol–water partition coefficient (Wildman–Crippen LogP) is 5.52. The molecule has 0 bridgehead atoms. The zero-order valence-corrected chi connectivity index (χ0v) is 22.8. The summed E-state index contributed by atoms with van der Waals surface area (Å²) in [5, 5.41) is 12.0. The molecule has 0 aliphatic heterocycles. The number of amides is 3. The topological polar surface area (TPSA) is 123 Å². The summed E-state index contributed by atoms with van der Waals surface area (Å²) < 4.78 is 10.6. The van der Waals surface area contributed by atoms with Gasteiger partial charge in [-0.05, 0) is 56.3 Å². The molecule has 0 saturated carbocycles. The van der Waals surface area contributed by atoms with Gasteiger partial charge in [0.1, 0.15) is 17.2 Å². The molecular weight excluding hydrogens is 528 g/mol. The Labute approximate surface area is 236 Å². The summed E-state index contributed by atoms with van der Waals surface area (Å²) in [5.74, 6) is 0.491. The van der Waals surface area contributed by atoms with Gasteiger partial charge in [-0.1, -0.05) is 47.6 Å². The lowest BCUT2D eigenvalue weighted by Crippen LogP contribution is -2.30. The van der Waals surface area contributed by atoms with Gasteiger partial charge in [0.2, 0.25) is 5.91 Å². The van der Waals surface area contributed by atoms with E-state index in [2.05, 4.69) is 21.1 Å². The number of hydrogen-bond acceptors (Lipinski definition) is 7. The Kier molecular flexibility index (Phi) is 9.73. The van der Waals surface area contributed by atoms with Crippen molar-refractivity contribution in [1.82, 2.24) is 10.5 Å². The molecule has 40 heavy (non-hydrogen) atoms. The number of ether oxygens (including phenoxy) is 1. The van der Waals surface area contributed by atoms with Crippen molar-refractivity contribution in [3.05, 3.63) is 108 Å². The number of carbonyl (C=O) groups is 3. The van der Waals surface area contributed by atoms with E-state index in [0.29, 0.717) is 40.7 Å². The predicted molar refractivity (Wildman–Crippen MR) is 155 cm³/mol. The van der Waals surface area contributed by atoms with E-state index in [1.165, 1.54) is 11.8 Å². The minimum absolute atomic E-state index is 0.0429. The van der Waals surface area contributed by atoms with Crippen molar-refractivity contribution in [1.29, 1.82) is 0 Å². The number of hydrogen-bond donors (Lipinski definition) is 3. The van der Waals surface area contributed by atoms with E-state index in [9.17, 15) is 14.4 Å².